The lowest BCUT2D eigenvalue weighted by atomic mass is 10.1. The van der Waals surface area contributed by atoms with Gasteiger partial charge in [0.25, 0.3) is 0 Å². The zero-order chi connectivity index (χ0) is 19.8. The summed E-state index contributed by atoms with van der Waals surface area (Å²) in [4.78, 5) is 22.1. The lowest BCUT2D eigenvalue weighted by molar-refractivity contribution is 0.0983. The van der Waals surface area contributed by atoms with Gasteiger partial charge >= 0.3 is 6.09 Å². The molecular weight excluding hydrogens is 358 g/mol. The van der Waals surface area contributed by atoms with Crippen molar-refractivity contribution in [2.24, 2.45) is 0 Å². The molecule has 0 unspecified atom stereocenters. The van der Waals surface area contributed by atoms with Gasteiger partial charge in [-0.3, -0.25) is 0 Å². The van der Waals surface area contributed by atoms with Crippen molar-refractivity contribution < 1.29 is 14.3 Å². The summed E-state index contributed by atoms with van der Waals surface area (Å²) in [5.41, 5.74) is 0.927. The minimum Gasteiger partial charge on any atom is -0.494 e. The smallest absolute Gasteiger partial charge is 0.409 e. The number of rotatable bonds is 7. The van der Waals surface area contributed by atoms with Crippen LogP contribution in [0.25, 0.3) is 0 Å². The highest BCUT2D eigenvalue weighted by Gasteiger charge is 2.23. The lowest BCUT2D eigenvalue weighted by Crippen LogP contribution is -2.42. The summed E-state index contributed by atoms with van der Waals surface area (Å²) in [6.45, 7) is 6.19. The molecule has 3 rings (SSSR count). The Bertz CT molecular complexity index is 761. The number of amides is 1. The number of carbonyl (C=O) groups excluding carboxylic acids is 1. The summed E-state index contributed by atoms with van der Waals surface area (Å²) in [7, 11) is 0. The molecule has 0 saturated carbocycles. The average Bonchev–Trinajstić information content (AvgIpc) is 2.71. The fourth-order valence-corrected chi connectivity index (χ4v) is 3.08. The van der Waals surface area contributed by atoms with E-state index in [0.29, 0.717) is 32.1 Å². The largest absolute Gasteiger partial charge is 0.494 e. The zero-order valence-electron chi connectivity index (χ0n) is 16.4. The third-order valence-corrected chi connectivity index (χ3v) is 4.48. The Morgan fingerprint density at radius 1 is 1.11 bits per heavy atom. The fraction of sp³-hybridized carbons (Fsp3) is 0.450. The molecule has 0 radical (unpaired) electrons. The number of ether oxygens (including phenoxy) is 2. The Hall–Kier alpha value is -3.03. The molecule has 28 heavy (non-hydrogen) atoms. The first-order chi connectivity index (χ1) is 13.7. The summed E-state index contributed by atoms with van der Waals surface area (Å²) in [5, 5.41) is 6.71. The van der Waals surface area contributed by atoms with Crippen LogP contribution in [0.5, 0.6) is 5.75 Å². The highest BCUT2D eigenvalue weighted by Crippen LogP contribution is 2.21. The van der Waals surface area contributed by atoms with E-state index in [-0.39, 0.29) is 12.1 Å². The maximum Gasteiger partial charge on any atom is 0.409 e. The number of benzene rings is 1. The second-order valence-electron chi connectivity index (χ2n) is 6.48. The molecule has 150 valence electrons. The fourth-order valence-electron chi connectivity index (χ4n) is 3.08. The van der Waals surface area contributed by atoms with Crippen LogP contribution in [0.1, 0.15) is 26.7 Å². The van der Waals surface area contributed by atoms with Gasteiger partial charge in [0, 0.05) is 30.9 Å². The van der Waals surface area contributed by atoms with E-state index >= 15 is 0 Å². The number of anilines is 3. The summed E-state index contributed by atoms with van der Waals surface area (Å²) in [6.07, 6.45) is 3.01. The Kier molecular flexibility index (Phi) is 6.89. The molecule has 2 N–H and O–H groups in total. The summed E-state index contributed by atoms with van der Waals surface area (Å²) >= 11 is 0. The van der Waals surface area contributed by atoms with Crippen LogP contribution < -0.4 is 15.4 Å². The molecule has 1 amide bonds. The standard InChI is InChI=1S/C20H27N5O3/c1-3-27-17-7-5-15(6-8-17)23-18-13-19(22-14-21-18)24-16-9-11-25(12-10-16)20(26)28-4-2/h5-8,13-14,16H,3-4,9-12H2,1-2H3,(H2,21,22,23,24). The minimum atomic E-state index is -0.232. The van der Waals surface area contributed by atoms with E-state index in [2.05, 4.69) is 20.6 Å². The van der Waals surface area contributed by atoms with E-state index in [1.165, 1.54) is 6.33 Å². The van der Waals surface area contributed by atoms with E-state index in [1.807, 2.05) is 44.2 Å². The van der Waals surface area contributed by atoms with Crippen molar-refractivity contribution >= 4 is 23.4 Å². The van der Waals surface area contributed by atoms with Gasteiger partial charge in [-0.15, -0.1) is 0 Å². The summed E-state index contributed by atoms with van der Waals surface area (Å²) in [5.74, 6) is 2.32. The van der Waals surface area contributed by atoms with Crippen molar-refractivity contribution in [1.82, 2.24) is 14.9 Å². The Labute approximate surface area is 165 Å². The predicted octanol–water partition coefficient (Wildman–Crippen LogP) is 3.65. The molecule has 0 atom stereocenters. The van der Waals surface area contributed by atoms with Gasteiger partial charge in [-0.1, -0.05) is 0 Å². The van der Waals surface area contributed by atoms with Gasteiger partial charge in [0.2, 0.25) is 0 Å². The number of nitrogens with one attached hydrogen (secondary N) is 2. The first kappa shape index (κ1) is 19.7. The van der Waals surface area contributed by atoms with Crippen LogP contribution >= 0.6 is 0 Å². The van der Waals surface area contributed by atoms with Crippen molar-refractivity contribution in [2.45, 2.75) is 32.7 Å². The summed E-state index contributed by atoms with van der Waals surface area (Å²) in [6, 6.07) is 9.89. The van der Waals surface area contributed by atoms with Crippen LogP contribution in [0.3, 0.4) is 0 Å². The Morgan fingerprint density at radius 3 is 2.50 bits per heavy atom. The van der Waals surface area contributed by atoms with Crippen molar-refractivity contribution in [3.63, 3.8) is 0 Å². The molecule has 1 aliphatic heterocycles. The molecule has 8 nitrogen and oxygen atoms in total. The molecular formula is C20H27N5O3. The topological polar surface area (TPSA) is 88.6 Å². The van der Waals surface area contributed by atoms with Crippen LogP contribution in [-0.4, -0.2) is 53.3 Å². The number of hydrogen-bond acceptors (Lipinski definition) is 7. The van der Waals surface area contributed by atoms with Crippen LogP contribution in [0.2, 0.25) is 0 Å². The minimum absolute atomic E-state index is 0.232. The van der Waals surface area contributed by atoms with Gasteiger partial charge in [-0.2, -0.15) is 0 Å². The number of aromatic nitrogens is 2. The quantitative estimate of drug-likeness (QED) is 0.752. The average molecular weight is 385 g/mol. The van der Waals surface area contributed by atoms with Gasteiger partial charge in [0.05, 0.1) is 13.2 Å². The Balaban J connectivity index is 1.53. The maximum atomic E-state index is 11.8. The van der Waals surface area contributed by atoms with E-state index in [4.69, 9.17) is 9.47 Å². The SMILES string of the molecule is CCOC(=O)N1CCC(Nc2cc(Nc3ccc(OCC)cc3)ncn2)CC1. The van der Waals surface area contributed by atoms with E-state index in [9.17, 15) is 4.79 Å². The van der Waals surface area contributed by atoms with Crippen molar-refractivity contribution in [3.05, 3.63) is 36.7 Å². The van der Waals surface area contributed by atoms with Crippen LogP contribution in [0.15, 0.2) is 36.7 Å². The monoisotopic (exact) mass is 385 g/mol. The van der Waals surface area contributed by atoms with Crippen LogP contribution in [-0.2, 0) is 4.74 Å². The third kappa shape index (κ3) is 5.48. The van der Waals surface area contributed by atoms with Crippen LogP contribution in [0, 0.1) is 0 Å². The molecule has 1 saturated heterocycles. The van der Waals surface area contributed by atoms with E-state index in [0.717, 1.165) is 30.1 Å². The van der Waals surface area contributed by atoms with Crippen molar-refractivity contribution in [1.29, 1.82) is 0 Å². The number of hydrogen-bond donors (Lipinski definition) is 2. The number of piperidine rings is 1. The second-order valence-corrected chi connectivity index (χ2v) is 6.48. The molecule has 2 heterocycles. The van der Waals surface area contributed by atoms with Gasteiger partial charge in [0.15, 0.2) is 0 Å². The van der Waals surface area contributed by atoms with Gasteiger partial charge in [-0.05, 0) is 51.0 Å². The van der Waals surface area contributed by atoms with Gasteiger partial charge in [0.1, 0.15) is 23.7 Å². The molecule has 1 fully saturated rings. The summed E-state index contributed by atoms with van der Waals surface area (Å²) < 4.78 is 10.5. The molecule has 0 spiro atoms. The number of nitrogens with zero attached hydrogens (tertiary/aromatic N) is 3. The first-order valence-electron chi connectivity index (χ1n) is 9.68. The van der Waals surface area contributed by atoms with E-state index < -0.39 is 0 Å². The molecule has 2 aromatic rings. The molecule has 1 aliphatic rings. The van der Waals surface area contributed by atoms with Crippen molar-refractivity contribution in [2.75, 3.05) is 36.9 Å². The molecule has 1 aromatic heterocycles. The van der Waals surface area contributed by atoms with E-state index in [1.54, 1.807) is 4.90 Å². The van der Waals surface area contributed by atoms with Crippen LogP contribution in [0.4, 0.5) is 22.1 Å². The molecule has 0 aliphatic carbocycles. The molecule has 8 heteroatoms. The second kappa shape index (κ2) is 9.77. The number of carbonyl (C=O) groups is 1. The predicted molar refractivity (Wildman–Crippen MR) is 108 cm³/mol. The first-order valence-corrected chi connectivity index (χ1v) is 9.68. The lowest BCUT2D eigenvalue weighted by Gasteiger charge is -2.31. The van der Waals surface area contributed by atoms with Gasteiger partial charge in [-0.25, -0.2) is 14.8 Å². The third-order valence-electron chi connectivity index (χ3n) is 4.48. The Morgan fingerprint density at radius 2 is 1.82 bits per heavy atom. The van der Waals surface area contributed by atoms with Gasteiger partial charge < -0.3 is 25.0 Å². The molecule has 1 aromatic carbocycles. The van der Waals surface area contributed by atoms with Crippen molar-refractivity contribution in [3.8, 4) is 5.75 Å². The number of likely N-dealkylation sites (tertiary alicyclic amines) is 1. The maximum absolute atomic E-state index is 11.8. The zero-order valence-corrected chi connectivity index (χ0v) is 16.4. The highest BCUT2D eigenvalue weighted by atomic mass is 16.6. The highest BCUT2D eigenvalue weighted by molar-refractivity contribution is 5.67. The normalized spacial score (nSPS) is 14.4. The molecule has 0 bridgehead atoms.